The van der Waals surface area contributed by atoms with E-state index >= 15 is 0 Å². The second-order valence-electron chi connectivity index (χ2n) is 5.13. The second kappa shape index (κ2) is 6.76. The maximum atomic E-state index is 12.4. The largest absolute Gasteiger partial charge is 0.490 e. The molecule has 0 aliphatic heterocycles. The normalized spacial score (nSPS) is 10.5. The second-order valence-corrected chi connectivity index (χ2v) is 6.04. The molecule has 0 saturated heterocycles. The van der Waals surface area contributed by atoms with Gasteiger partial charge in [-0.15, -0.1) is 0 Å². The summed E-state index contributed by atoms with van der Waals surface area (Å²) in [6, 6.07) is 13.1. The summed E-state index contributed by atoms with van der Waals surface area (Å²) in [6.07, 6.45) is 0.0112. The zero-order valence-electron chi connectivity index (χ0n) is 12.3. The molecule has 3 nitrogen and oxygen atoms in total. The summed E-state index contributed by atoms with van der Waals surface area (Å²) in [5, 5.41) is 2.89. The summed E-state index contributed by atoms with van der Waals surface area (Å²) in [7, 11) is 0. The van der Waals surface area contributed by atoms with Gasteiger partial charge in [0.15, 0.2) is 0 Å². The van der Waals surface area contributed by atoms with Gasteiger partial charge in [-0.25, -0.2) is 0 Å². The minimum absolute atomic E-state index is 0.0112. The summed E-state index contributed by atoms with van der Waals surface area (Å²) in [6.45, 7) is 5.88. The van der Waals surface area contributed by atoms with Gasteiger partial charge in [-0.1, -0.05) is 33.6 Å². The van der Waals surface area contributed by atoms with Crippen LogP contribution in [0.4, 0.5) is 5.69 Å². The number of ether oxygens (including phenoxy) is 1. The van der Waals surface area contributed by atoms with Crippen molar-refractivity contribution in [2.45, 2.75) is 26.9 Å². The molecule has 0 atom stereocenters. The van der Waals surface area contributed by atoms with Crippen molar-refractivity contribution in [2.75, 3.05) is 5.32 Å². The highest BCUT2D eigenvalue weighted by molar-refractivity contribution is 9.10. The molecule has 4 heteroatoms. The molecule has 0 unspecified atom stereocenters. The summed E-state index contributed by atoms with van der Waals surface area (Å²) in [5.74, 6) is 0.397. The van der Waals surface area contributed by atoms with Crippen molar-refractivity contribution >= 4 is 27.5 Å². The van der Waals surface area contributed by atoms with Crippen molar-refractivity contribution in [3.05, 3.63) is 58.1 Å². The van der Waals surface area contributed by atoms with E-state index < -0.39 is 0 Å². The molecule has 1 amide bonds. The topological polar surface area (TPSA) is 38.3 Å². The first kappa shape index (κ1) is 15.6. The van der Waals surface area contributed by atoms with Gasteiger partial charge < -0.3 is 10.1 Å². The average Bonchev–Trinajstić information content (AvgIpc) is 2.43. The fraction of sp³-hybridized carbons (Fsp3) is 0.235. The monoisotopic (exact) mass is 347 g/mol. The van der Waals surface area contributed by atoms with Crippen LogP contribution in [0.3, 0.4) is 0 Å². The number of anilines is 1. The Morgan fingerprint density at radius 2 is 1.81 bits per heavy atom. The zero-order chi connectivity index (χ0) is 15.4. The van der Waals surface area contributed by atoms with Gasteiger partial charge in [-0.2, -0.15) is 0 Å². The lowest BCUT2D eigenvalue weighted by Gasteiger charge is -2.14. The molecule has 0 aromatic heterocycles. The molecule has 110 valence electrons. The van der Waals surface area contributed by atoms with Crippen LogP contribution in [0.15, 0.2) is 46.9 Å². The van der Waals surface area contributed by atoms with E-state index in [-0.39, 0.29) is 12.0 Å². The van der Waals surface area contributed by atoms with E-state index in [9.17, 15) is 4.79 Å². The van der Waals surface area contributed by atoms with E-state index in [1.54, 1.807) is 12.1 Å². The number of aryl methyl sites for hydroxylation is 1. The number of benzene rings is 2. The van der Waals surface area contributed by atoms with Crippen LogP contribution in [0.5, 0.6) is 5.75 Å². The van der Waals surface area contributed by atoms with Gasteiger partial charge >= 0.3 is 0 Å². The number of halogens is 1. The van der Waals surface area contributed by atoms with Crippen LogP contribution >= 0.6 is 15.9 Å². The lowest BCUT2D eigenvalue weighted by molar-refractivity contribution is 0.102. The molecular formula is C17H18BrNO2. The predicted octanol–water partition coefficient (Wildman–Crippen LogP) is 4.80. The maximum Gasteiger partial charge on any atom is 0.259 e. The molecule has 0 spiro atoms. The van der Waals surface area contributed by atoms with Crippen molar-refractivity contribution in [3.8, 4) is 5.75 Å². The first-order chi connectivity index (χ1) is 9.95. The Kier molecular flexibility index (Phi) is 5.02. The van der Waals surface area contributed by atoms with E-state index in [2.05, 4.69) is 21.2 Å². The number of amides is 1. The smallest absolute Gasteiger partial charge is 0.259 e. The Balaban J connectivity index is 2.25. The Bertz CT molecular complexity index is 636. The van der Waals surface area contributed by atoms with Crippen LogP contribution in [0, 0.1) is 6.92 Å². The fourth-order valence-corrected chi connectivity index (χ4v) is 2.23. The number of hydrogen-bond donors (Lipinski definition) is 1. The van der Waals surface area contributed by atoms with Crippen LogP contribution in [0.25, 0.3) is 0 Å². The predicted molar refractivity (Wildman–Crippen MR) is 89.0 cm³/mol. The van der Waals surface area contributed by atoms with E-state index in [4.69, 9.17) is 4.74 Å². The molecule has 0 aliphatic carbocycles. The molecule has 2 rings (SSSR count). The Labute approximate surface area is 133 Å². The van der Waals surface area contributed by atoms with Gasteiger partial charge in [0.05, 0.1) is 11.7 Å². The number of nitrogens with one attached hydrogen (secondary N) is 1. The highest BCUT2D eigenvalue weighted by Gasteiger charge is 2.14. The number of carbonyl (C=O) groups excluding carboxylic acids is 1. The molecule has 0 heterocycles. The Morgan fingerprint density at radius 1 is 1.14 bits per heavy atom. The van der Waals surface area contributed by atoms with Gasteiger partial charge in [0, 0.05) is 10.2 Å². The third kappa shape index (κ3) is 4.33. The molecule has 21 heavy (non-hydrogen) atoms. The fourth-order valence-electron chi connectivity index (χ4n) is 1.87. The quantitative estimate of drug-likeness (QED) is 0.862. The molecule has 1 N–H and O–H groups in total. The first-order valence-corrected chi connectivity index (χ1v) is 7.59. The molecule has 0 radical (unpaired) electrons. The third-order valence-corrected chi connectivity index (χ3v) is 3.35. The van der Waals surface area contributed by atoms with Crippen LogP contribution < -0.4 is 10.1 Å². The van der Waals surface area contributed by atoms with Crippen LogP contribution in [-0.2, 0) is 0 Å². The molecule has 0 saturated carbocycles. The van der Waals surface area contributed by atoms with Gasteiger partial charge in [-0.05, 0) is 51.1 Å². The minimum Gasteiger partial charge on any atom is -0.490 e. The Hall–Kier alpha value is -1.81. The third-order valence-electron chi connectivity index (χ3n) is 2.86. The van der Waals surface area contributed by atoms with E-state index in [0.717, 1.165) is 15.7 Å². The van der Waals surface area contributed by atoms with Crippen LogP contribution in [-0.4, -0.2) is 12.0 Å². The lowest BCUT2D eigenvalue weighted by atomic mass is 10.1. The van der Waals surface area contributed by atoms with Crippen molar-refractivity contribution in [1.82, 2.24) is 0 Å². The highest BCUT2D eigenvalue weighted by atomic mass is 79.9. The van der Waals surface area contributed by atoms with E-state index in [1.807, 2.05) is 51.1 Å². The van der Waals surface area contributed by atoms with Crippen molar-refractivity contribution in [3.63, 3.8) is 0 Å². The molecule has 2 aromatic carbocycles. The molecule has 0 fully saturated rings. The molecule has 2 aromatic rings. The average molecular weight is 348 g/mol. The number of rotatable bonds is 4. The van der Waals surface area contributed by atoms with Crippen LogP contribution in [0.2, 0.25) is 0 Å². The number of carbonyl (C=O) groups is 1. The van der Waals surface area contributed by atoms with Gasteiger partial charge in [0.2, 0.25) is 0 Å². The van der Waals surface area contributed by atoms with Crippen LogP contribution in [0.1, 0.15) is 29.8 Å². The molecular weight excluding hydrogens is 330 g/mol. The Morgan fingerprint density at radius 3 is 2.43 bits per heavy atom. The number of hydrogen-bond acceptors (Lipinski definition) is 2. The van der Waals surface area contributed by atoms with E-state index in [0.29, 0.717) is 11.3 Å². The minimum atomic E-state index is -0.184. The van der Waals surface area contributed by atoms with Gasteiger partial charge in [-0.3, -0.25) is 4.79 Å². The maximum absolute atomic E-state index is 12.4. The van der Waals surface area contributed by atoms with Crippen molar-refractivity contribution < 1.29 is 9.53 Å². The van der Waals surface area contributed by atoms with Crippen molar-refractivity contribution in [1.29, 1.82) is 0 Å². The highest BCUT2D eigenvalue weighted by Crippen LogP contribution is 2.25. The lowest BCUT2D eigenvalue weighted by Crippen LogP contribution is -2.15. The standard InChI is InChI=1S/C17H18BrNO2/c1-11(2)21-16-9-6-13(18)10-15(16)17(20)19-14-7-4-12(3)5-8-14/h4-11H,1-3H3,(H,19,20). The van der Waals surface area contributed by atoms with Gasteiger partial charge in [0.25, 0.3) is 5.91 Å². The first-order valence-electron chi connectivity index (χ1n) is 6.80. The summed E-state index contributed by atoms with van der Waals surface area (Å²) in [5.41, 5.74) is 2.43. The molecule has 0 bridgehead atoms. The summed E-state index contributed by atoms with van der Waals surface area (Å²) < 4.78 is 6.54. The van der Waals surface area contributed by atoms with Crippen molar-refractivity contribution in [2.24, 2.45) is 0 Å². The summed E-state index contributed by atoms with van der Waals surface area (Å²) in [4.78, 5) is 12.4. The summed E-state index contributed by atoms with van der Waals surface area (Å²) >= 11 is 3.39. The SMILES string of the molecule is Cc1ccc(NC(=O)c2cc(Br)ccc2OC(C)C)cc1. The molecule has 0 aliphatic rings. The zero-order valence-corrected chi connectivity index (χ0v) is 13.9. The van der Waals surface area contributed by atoms with Gasteiger partial charge in [0.1, 0.15) is 5.75 Å². The van der Waals surface area contributed by atoms with E-state index in [1.165, 1.54) is 0 Å².